The summed E-state index contributed by atoms with van der Waals surface area (Å²) in [5.74, 6) is -1.12. The number of rotatable bonds is 5. The number of sulfone groups is 1. The highest BCUT2D eigenvalue weighted by molar-refractivity contribution is 7.92. The molecule has 2 aromatic carbocycles. The molecule has 1 aliphatic carbocycles. The zero-order valence-corrected chi connectivity index (χ0v) is 14.0. The van der Waals surface area contributed by atoms with Gasteiger partial charge in [0.25, 0.3) is 0 Å². The highest BCUT2D eigenvalue weighted by Crippen LogP contribution is 2.63. The summed E-state index contributed by atoms with van der Waals surface area (Å²) >= 11 is 0. The minimum absolute atomic E-state index is 0.142. The third kappa shape index (κ3) is 2.55. The second kappa shape index (κ2) is 5.95. The van der Waals surface area contributed by atoms with Crippen LogP contribution in [0.15, 0.2) is 53.4 Å². The molecule has 1 saturated carbocycles. The molecule has 2 N–H and O–H groups in total. The van der Waals surface area contributed by atoms with Crippen LogP contribution >= 0.6 is 0 Å². The van der Waals surface area contributed by atoms with Crippen LogP contribution in [-0.4, -0.2) is 37.1 Å². The van der Waals surface area contributed by atoms with Crippen LogP contribution in [-0.2, 0) is 9.84 Å². The Morgan fingerprint density at radius 1 is 1.08 bits per heavy atom. The number of halogens is 1. The van der Waals surface area contributed by atoms with Crippen molar-refractivity contribution in [1.29, 1.82) is 0 Å². The Morgan fingerprint density at radius 3 is 2.25 bits per heavy atom. The average Bonchev–Trinajstić information content (AvgIpc) is 3.26. The minimum atomic E-state index is -3.77. The van der Waals surface area contributed by atoms with Gasteiger partial charge in [0.2, 0.25) is 0 Å². The van der Waals surface area contributed by atoms with E-state index < -0.39 is 45.5 Å². The van der Waals surface area contributed by atoms with Gasteiger partial charge in [-0.3, -0.25) is 0 Å². The molecule has 0 spiro atoms. The molecule has 3 rings (SSSR count). The Kier molecular flexibility index (Phi) is 4.23. The second-order valence-electron chi connectivity index (χ2n) is 6.36. The van der Waals surface area contributed by atoms with Crippen molar-refractivity contribution in [3.8, 4) is 0 Å². The lowest BCUT2D eigenvalue weighted by atomic mass is 10.0. The van der Waals surface area contributed by atoms with Crippen LogP contribution < -0.4 is 0 Å². The van der Waals surface area contributed by atoms with Crippen molar-refractivity contribution in [3.05, 3.63) is 65.5 Å². The predicted molar refractivity (Wildman–Crippen MR) is 87.9 cm³/mol. The topological polar surface area (TPSA) is 74.6 Å². The van der Waals surface area contributed by atoms with Gasteiger partial charge in [-0.15, -0.1) is 0 Å². The maximum Gasteiger partial charge on any atom is 0.182 e. The highest BCUT2D eigenvalue weighted by Gasteiger charge is 2.70. The quantitative estimate of drug-likeness (QED) is 0.865. The van der Waals surface area contributed by atoms with Crippen LogP contribution in [0.1, 0.15) is 17.0 Å². The fourth-order valence-electron chi connectivity index (χ4n) is 3.45. The number of aryl methyl sites for hydroxylation is 1. The predicted octanol–water partition coefficient (Wildman–Crippen LogP) is 2.04. The van der Waals surface area contributed by atoms with Crippen molar-refractivity contribution in [1.82, 2.24) is 0 Å². The molecule has 1 aliphatic rings. The fraction of sp³-hybridized carbons (Fsp3) is 0.333. The molecule has 128 valence electrons. The van der Waals surface area contributed by atoms with E-state index in [-0.39, 0.29) is 4.90 Å². The molecule has 1 fully saturated rings. The van der Waals surface area contributed by atoms with Crippen LogP contribution in [0.4, 0.5) is 4.39 Å². The van der Waals surface area contributed by atoms with Crippen molar-refractivity contribution in [3.63, 3.8) is 0 Å². The first-order valence-corrected chi connectivity index (χ1v) is 9.19. The van der Waals surface area contributed by atoms with E-state index in [1.807, 2.05) is 6.92 Å². The van der Waals surface area contributed by atoms with E-state index in [9.17, 15) is 23.0 Å². The lowest BCUT2D eigenvalue weighted by Gasteiger charge is -2.11. The number of hydrogen-bond acceptors (Lipinski definition) is 4. The highest BCUT2D eigenvalue weighted by atomic mass is 32.2. The average molecular weight is 350 g/mol. The normalized spacial score (nSPS) is 22.3. The first-order valence-electron chi connectivity index (χ1n) is 7.64. The third-order valence-corrected chi connectivity index (χ3v) is 7.20. The van der Waals surface area contributed by atoms with E-state index in [1.54, 1.807) is 18.2 Å². The molecule has 6 heteroatoms. The molecule has 2 aromatic rings. The maximum atomic E-state index is 13.5. The van der Waals surface area contributed by atoms with E-state index in [0.29, 0.717) is 5.56 Å². The van der Waals surface area contributed by atoms with Crippen LogP contribution in [0.3, 0.4) is 0 Å². The summed E-state index contributed by atoms with van der Waals surface area (Å²) in [7, 11) is -3.77. The summed E-state index contributed by atoms with van der Waals surface area (Å²) in [6.45, 7) is 0.885. The van der Waals surface area contributed by atoms with Gasteiger partial charge in [-0.1, -0.05) is 29.8 Å². The monoisotopic (exact) mass is 350 g/mol. The van der Waals surface area contributed by atoms with Crippen LogP contribution in [0.5, 0.6) is 0 Å². The standard InChI is InChI=1S/C18H19FO4S/c1-12-5-7-15(8-6-12)24(22,23)17-16(18(17,10-20)11-21)13-3-2-4-14(19)9-13/h2-9,16-17,20-21H,10-11H2,1H3/t16-,17+/m0/s1. The number of aliphatic hydroxyl groups is 2. The summed E-state index contributed by atoms with van der Waals surface area (Å²) in [5.41, 5.74) is 0.207. The minimum Gasteiger partial charge on any atom is -0.396 e. The van der Waals surface area contributed by atoms with Crippen molar-refractivity contribution in [2.24, 2.45) is 5.41 Å². The van der Waals surface area contributed by atoms with E-state index >= 15 is 0 Å². The molecule has 4 nitrogen and oxygen atoms in total. The lowest BCUT2D eigenvalue weighted by Crippen LogP contribution is -2.23. The Bertz CT molecular complexity index is 842. The molecule has 0 radical (unpaired) electrons. The molecular formula is C18H19FO4S. The molecular weight excluding hydrogens is 331 g/mol. The van der Waals surface area contributed by atoms with Crippen LogP contribution in [0.2, 0.25) is 0 Å². The van der Waals surface area contributed by atoms with Crippen molar-refractivity contribution in [2.75, 3.05) is 13.2 Å². The summed E-state index contributed by atoms with van der Waals surface area (Å²) < 4.78 is 39.5. The van der Waals surface area contributed by atoms with E-state index in [4.69, 9.17) is 0 Å². The largest absolute Gasteiger partial charge is 0.396 e. The van der Waals surface area contributed by atoms with Crippen molar-refractivity contribution < 1.29 is 23.0 Å². The zero-order chi connectivity index (χ0) is 17.5. The molecule has 24 heavy (non-hydrogen) atoms. The molecule has 2 atom stereocenters. The van der Waals surface area contributed by atoms with Crippen molar-refractivity contribution in [2.45, 2.75) is 23.0 Å². The zero-order valence-electron chi connectivity index (χ0n) is 13.2. The molecule has 0 amide bonds. The summed E-state index contributed by atoms with van der Waals surface area (Å²) in [5, 5.41) is 18.5. The smallest absolute Gasteiger partial charge is 0.182 e. The van der Waals surface area contributed by atoms with Gasteiger partial charge >= 0.3 is 0 Å². The van der Waals surface area contributed by atoms with Gasteiger partial charge in [-0.2, -0.15) is 0 Å². The Hall–Kier alpha value is -1.76. The van der Waals surface area contributed by atoms with Crippen molar-refractivity contribution >= 4 is 9.84 Å². The van der Waals surface area contributed by atoms with Gasteiger partial charge < -0.3 is 10.2 Å². The number of hydrogen-bond donors (Lipinski definition) is 2. The van der Waals surface area contributed by atoms with E-state index in [2.05, 4.69) is 0 Å². The molecule has 0 bridgehead atoms. The van der Waals surface area contributed by atoms with Gasteiger partial charge in [0.05, 0.1) is 23.4 Å². The fourth-order valence-corrected chi connectivity index (χ4v) is 5.88. The molecule has 0 heterocycles. The van der Waals surface area contributed by atoms with Gasteiger partial charge in [-0.25, -0.2) is 12.8 Å². The summed E-state index contributed by atoms with van der Waals surface area (Å²) in [6, 6.07) is 12.1. The third-order valence-electron chi connectivity index (χ3n) is 4.86. The Labute approximate surface area is 140 Å². The lowest BCUT2D eigenvalue weighted by molar-refractivity contribution is 0.130. The molecule has 0 unspecified atom stereocenters. The van der Waals surface area contributed by atoms with E-state index in [0.717, 1.165) is 5.56 Å². The van der Waals surface area contributed by atoms with Gasteiger partial charge in [0.15, 0.2) is 9.84 Å². The maximum absolute atomic E-state index is 13.5. The van der Waals surface area contributed by atoms with Crippen LogP contribution in [0.25, 0.3) is 0 Å². The SMILES string of the molecule is Cc1ccc(S(=O)(=O)[C@@H]2[C@H](c3cccc(F)c3)C2(CO)CO)cc1. The second-order valence-corrected chi connectivity index (χ2v) is 8.43. The first kappa shape index (κ1) is 17.1. The van der Waals surface area contributed by atoms with Gasteiger partial charge in [0, 0.05) is 11.3 Å². The number of benzene rings is 2. The van der Waals surface area contributed by atoms with Gasteiger partial charge in [-0.05, 0) is 36.8 Å². The number of aliphatic hydroxyl groups excluding tert-OH is 2. The molecule has 0 aliphatic heterocycles. The molecule has 0 saturated heterocycles. The molecule has 0 aromatic heterocycles. The summed E-state index contributed by atoms with van der Waals surface area (Å²) in [6.07, 6.45) is 0. The van der Waals surface area contributed by atoms with Gasteiger partial charge in [0.1, 0.15) is 5.82 Å². The van der Waals surface area contributed by atoms with E-state index in [1.165, 1.54) is 30.3 Å². The Balaban J connectivity index is 2.06. The summed E-state index contributed by atoms with van der Waals surface area (Å²) in [4.78, 5) is 0.142. The van der Waals surface area contributed by atoms with Crippen LogP contribution in [0, 0.1) is 18.2 Å². The Morgan fingerprint density at radius 2 is 1.71 bits per heavy atom. The first-order chi connectivity index (χ1) is 11.4.